The Morgan fingerprint density at radius 3 is 2.88 bits per heavy atom. The minimum atomic E-state index is -0.124. The molecule has 3 heterocycles. The van der Waals surface area contributed by atoms with Crippen LogP contribution in [-0.4, -0.2) is 38.5 Å². The standard InChI is InChI=1S/C19H23N5O2/c25-18-15-8-10-24(19(26)21-14-6-2-1-3-7-14)12-16(15)22-17(23-18)13-5-4-9-20-11-13/h4-5,9,11,14H,1-3,6-8,10,12H2,(H,21,26)(H,22,23,25). The van der Waals surface area contributed by atoms with Gasteiger partial charge >= 0.3 is 6.03 Å². The van der Waals surface area contributed by atoms with Gasteiger partial charge < -0.3 is 15.2 Å². The lowest BCUT2D eigenvalue weighted by Crippen LogP contribution is -2.48. The highest BCUT2D eigenvalue weighted by Gasteiger charge is 2.26. The maximum absolute atomic E-state index is 12.6. The first-order valence-electron chi connectivity index (χ1n) is 9.28. The molecule has 26 heavy (non-hydrogen) atoms. The summed E-state index contributed by atoms with van der Waals surface area (Å²) in [6.07, 6.45) is 9.60. The number of hydrogen-bond donors (Lipinski definition) is 2. The number of aromatic nitrogens is 3. The largest absolute Gasteiger partial charge is 0.335 e. The Bertz CT molecular complexity index is 843. The summed E-state index contributed by atoms with van der Waals surface area (Å²) in [5.74, 6) is 0.497. The molecule has 7 heteroatoms. The van der Waals surface area contributed by atoms with Crippen LogP contribution in [0.25, 0.3) is 11.4 Å². The first kappa shape index (κ1) is 16.8. The molecule has 0 aromatic carbocycles. The summed E-state index contributed by atoms with van der Waals surface area (Å²) in [4.78, 5) is 38.3. The second-order valence-corrected chi connectivity index (χ2v) is 7.04. The van der Waals surface area contributed by atoms with E-state index in [-0.39, 0.29) is 17.6 Å². The summed E-state index contributed by atoms with van der Waals surface area (Å²) in [6, 6.07) is 3.88. The lowest BCUT2D eigenvalue weighted by atomic mass is 9.96. The molecule has 0 atom stereocenters. The third kappa shape index (κ3) is 3.47. The number of pyridine rings is 1. The van der Waals surface area contributed by atoms with Crippen LogP contribution in [0.1, 0.15) is 43.4 Å². The molecule has 2 amide bonds. The summed E-state index contributed by atoms with van der Waals surface area (Å²) < 4.78 is 0. The van der Waals surface area contributed by atoms with Crippen molar-refractivity contribution in [3.63, 3.8) is 0 Å². The second kappa shape index (κ2) is 7.27. The van der Waals surface area contributed by atoms with Gasteiger partial charge in [-0.25, -0.2) is 9.78 Å². The number of nitrogens with zero attached hydrogens (tertiary/aromatic N) is 3. The first-order valence-corrected chi connectivity index (χ1v) is 9.28. The molecule has 0 unspecified atom stereocenters. The number of hydrogen-bond acceptors (Lipinski definition) is 4. The second-order valence-electron chi connectivity index (χ2n) is 7.04. The SMILES string of the molecule is O=C(NC1CCCCC1)N1CCc2c(nc(-c3cccnc3)[nH]c2=O)C1. The number of nitrogens with one attached hydrogen (secondary N) is 2. The highest BCUT2D eigenvalue weighted by atomic mass is 16.2. The summed E-state index contributed by atoms with van der Waals surface area (Å²) in [5, 5.41) is 3.14. The Kier molecular flexibility index (Phi) is 4.69. The van der Waals surface area contributed by atoms with Crippen molar-refractivity contribution in [3.8, 4) is 11.4 Å². The third-order valence-corrected chi connectivity index (χ3v) is 5.23. The number of H-pyrrole nitrogens is 1. The van der Waals surface area contributed by atoms with Gasteiger partial charge in [-0.15, -0.1) is 0 Å². The van der Waals surface area contributed by atoms with E-state index in [9.17, 15) is 9.59 Å². The quantitative estimate of drug-likeness (QED) is 0.866. The number of aromatic amines is 1. The van der Waals surface area contributed by atoms with Crippen LogP contribution in [0.15, 0.2) is 29.3 Å². The first-order chi connectivity index (χ1) is 12.7. The summed E-state index contributed by atoms with van der Waals surface area (Å²) in [5.41, 5.74) is 1.99. The van der Waals surface area contributed by atoms with E-state index in [0.717, 1.165) is 18.4 Å². The number of carbonyl (C=O) groups excluding carboxylic acids is 1. The van der Waals surface area contributed by atoms with Crippen LogP contribution in [0.3, 0.4) is 0 Å². The maximum atomic E-state index is 12.6. The fourth-order valence-corrected chi connectivity index (χ4v) is 3.77. The molecule has 2 aromatic rings. The van der Waals surface area contributed by atoms with Crippen molar-refractivity contribution in [2.45, 2.75) is 51.1 Å². The van der Waals surface area contributed by atoms with Gasteiger partial charge in [0, 0.05) is 36.1 Å². The average Bonchev–Trinajstić information content (AvgIpc) is 2.69. The minimum Gasteiger partial charge on any atom is -0.335 e. The number of rotatable bonds is 2. The minimum absolute atomic E-state index is 0.0486. The molecule has 2 N–H and O–H groups in total. The van der Waals surface area contributed by atoms with Gasteiger partial charge in [0.25, 0.3) is 5.56 Å². The molecule has 136 valence electrons. The molecule has 0 saturated heterocycles. The van der Waals surface area contributed by atoms with E-state index < -0.39 is 0 Å². The fourth-order valence-electron chi connectivity index (χ4n) is 3.77. The molecular weight excluding hydrogens is 330 g/mol. The van der Waals surface area contributed by atoms with Crippen molar-refractivity contribution in [3.05, 3.63) is 46.1 Å². The summed E-state index contributed by atoms with van der Waals surface area (Å²) in [6.45, 7) is 0.910. The van der Waals surface area contributed by atoms with Crippen LogP contribution < -0.4 is 10.9 Å². The predicted molar refractivity (Wildman–Crippen MR) is 97.6 cm³/mol. The Hall–Kier alpha value is -2.70. The third-order valence-electron chi connectivity index (χ3n) is 5.23. The highest BCUT2D eigenvalue weighted by Crippen LogP contribution is 2.20. The van der Waals surface area contributed by atoms with Gasteiger partial charge in [0.05, 0.1) is 12.2 Å². The average molecular weight is 353 g/mol. The fraction of sp³-hybridized carbons (Fsp3) is 0.474. The molecular formula is C19H23N5O2. The van der Waals surface area contributed by atoms with Crippen molar-refractivity contribution in [2.24, 2.45) is 0 Å². The van der Waals surface area contributed by atoms with Gasteiger partial charge in [0.15, 0.2) is 0 Å². The Morgan fingerprint density at radius 1 is 1.27 bits per heavy atom. The molecule has 1 aliphatic carbocycles. The lowest BCUT2D eigenvalue weighted by molar-refractivity contribution is 0.183. The smallest absolute Gasteiger partial charge is 0.317 e. The van der Waals surface area contributed by atoms with Crippen molar-refractivity contribution >= 4 is 6.03 Å². The number of carbonyl (C=O) groups is 1. The van der Waals surface area contributed by atoms with E-state index in [4.69, 9.17) is 0 Å². The van der Waals surface area contributed by atoms with Gasteiger partial charge in [-0.3, -0.25) is 9.78 Å². The molecule has 2 aliphatic rings. The number of fused-ring (bicyclic) bond motifs is 1. The molecule has 2 aromatic heterocycles. The Labute approximate surface area is 151 Å². The molecule has 1 fully saturated rings. The number of amides is 2. The van der Waals surface area contributed by atoms with E-state index in [2.05, 4.69) is 20.3 Å². The van der Waals surface area contributed by atoms with E-state index in [1.165, 1.54) is 19.3 Å². The van der Waals surface area contributed by atoms with Crippen molar-refractivity contribution in [1.29, 1.82) is 0 Å². The molecule has 0 radical (unpaired) electrons. The molecule has 7 nitrogen and oxygen atoms in total. The van der Waals surface area contributed by atoms with Crippen LogP contribution in [0.5, 0.6) is 0 Å². The lowest BCUT2D eigenvalue weighted by Gasteiger charge is -2.31. The van der Waals surface area contributed by atoms with Crippen molar-refractivity contribution in [2.75, 3.05) is 6.54 Å². The van der Waals surface area contributed by atoms with E-state index >= 15 is 0 Å². The summed E-state index contributed by atoms with van der Waals surface area (Å²) >= 11 is 0. The van der Waals surface area contributed by atoms with Crippen molar-refractivity contribution < 1.29 is 4.79 Å². The molecule has 0 spiro atoms. The van der Waals surface area contributed by atoms with Crippen LogP contribution in [0.2, 0.25) is 0 Å². The normalized spacial score (nSPS) is 17.6. The van der Waals surface area contributed by atoms with Gasteiger partial charge in [0.1, 0.15) is 5.82 Å². The molecule has 1 aliphatic heterocycles. The Morgan fingerprint density at radius 2 is 2.12 bits per heavy atom. The molecule has 4 rings (SSSR count). The predicted octanol–water partition coefficient (Wildman–Crippen LogP) is 2.23. The number of urea groups is 1. The molecule has 0 bridgehead atoms. The zero-order valence-electron chi connectivity index (χ0n) is 14.7. The maximum Gasteiger partial charge on any atom is 0.317 e. The zero-order chi connectivity index (χ0) is 17.9. The van der Waals surface area contributed by atoms with Gasteiger partial charge in [0.2, 0.25) is 0 Å². The van der Waals surface area contributed by atoms with Crippen LogP contribution >= 0.6 is 0 Å². The zero-order valence-corrected chi connectivity index (χ0v) is 14.7. The van der Waals surface area contributed by atoms with E-state index in [0.29, 0.717) is 36.6 Å². The van der Waals surface area contributed by atoms with Crippen LogP contribution in [0.4, 0.5) is 4.79 Å². The van der Waals surface area contributed by atoms with Gasteiger partial charge in [-0.1, -0.05) is 19.3 Å². The highest BCUT2D eigenvalue weighted by molar-refractivity contribution is 5.74. The van der Waals surface area contributed by atoms with Crippen LogP contribution in [-0.2, 0) is 13.0 Å². The van der Waals surface area contributed by atoms with Crippen LogP contribution in [0, 0.1) is 0 Å². The monoisotopic (exact) mass is 353 g/mol. The van der Waals surface area contributed by atoms with Gasteiger partial charge in [-0.2, -0.15) is 0 Å². The van der Waals surface area contributed by atoms with Crippen molar-refractivity contribution in [1.82, 2.24) is 25.2 Å². The molecule has 1 saturated carbocycles. The Balaban J connectivity index is 1.53. The summed E-state index contributed by atoms with van der Waals surface area (Å²) in [7, 11) is 0. The van der Waals surface area contributed by atoms with E-state index in [1.807, 2.05) is 6.07 Å². The van der Waals surface area contributed by atoms with E-state index in [1.54, 1.807) is 23.4 Å². The van der Waals surface area contributed by atoms with Gasteiger partial charge in [-0.05, 0) is 31.4 Å². The topological polar surface area (TPSA) is 91.0 Å².